The Morgan fingerprint density at radius 2 is 1.93 bits per heavy atom. The zero-order valence-electron chi connectivity index (χ0n) is 17.8. The first-order valence-corrected chi connectivity index (χ1v) is 12.4. The maximum atomic E-state index is 12.3. The van der Waals surface area contributed by atoms with E-state index in [1.54, 1.807) is 11.3 Å². The number of rotatable bonds is 7. The highest BCUT2D eigenvalue weighted by molar-refractivity contribution is 7.99. The molecule has 158 valence electrons. The van der Waals surface area contributed by atoms with Gasteiger partial charge in [-0.05, 0) is 39.2 Å². The molecule has 5 nitrogen and oxygen atoms in total. The number of carbonyl (C=O) groups is 1. The van der Waals surface area contributed by atoms with E-state index >= 15 is 0 Å². The predicted molar refractivity (Wildman–Crippen MR) is 125 cm³/mol. The van der Waals surface area contributed by atoms with Gasteiger partial charge in [-0.15, -0.1) is 21.5 Å². The molecule has 1 aromatic carbocycles. The summed E-state index contributed by atoms with van der Waals surface area (Å²) in [6.07, 6.45) is 4.64. The first-order valence-electron chi connectivity index (χ1n) is 10.6. The van der Waals surface area contributed by atoms with Crippen molar-refractivity contribution in [2.75, 3.05) is 5.75 Å². The lowest BCUT2D eigenvalue weighted by Crippen LogP contribution is -2.33. The molecule has 0 aliphatic heterocycles. The van der Waals surface area contributed by atoms with E-state index in [1.807, 2.05) is 0 Å². The number of aromatic nitrogens is 3. The van der Waals surface area contributed by atoms with E-state index < -0.39 is 0 Å². The summed E-state index contributed by atoms with van der Waals surface area (Å²) in [5, 5.41) is 15.1. The summed E-state index contributed by atoms with van der Waals surface area (Å²) < 4.78 is 2.12. The Hall–Kier alpha value is -2.12. The van der Waals surface area contributed by atoms with E-state index in [0.717, 1.165) is 35.9 Å². The first kappa shape index (κ1) is 21.1. The van der Waals surface area contributed by atoms with Crippen LogP contribution in [-0.4, -0.2) is 32.5 Å². The number of benzene rings is 1. The van der Waals surface area contributed by atoms with Crippen LogP contribution in [0, 0.1) is 13.8 Å². The maximum Gasteiger partial charge on any atom is 0.230 e. The Morgan fingerprint density at radius 1 is 1.20 bits per heavy atom. The summed E-state index contributed by atoms with van der Waals surface area (Å²) in [4.78, 5) is 13.6. The monoisotopic (exact) mass is 440 g/mol. The fourth-order valence-electron chi connectivity index (χ4n) is 4.05. The number of hydrogen-bond donors (Lipinski definition) is 1. The van der Waals surface area contributed by atoms with Gasteiger partial charge in [0.05, 0.1) is 5.75 Å². The molecule has 1 amide bonds. The molecule has 7 heteroatoms. The summed E-state index contributed by atoms with van der Waals surface area (Å²) in [6, 6.07) is 8.98. The van der Waals surface area contributed by atoms with Gasteiger partial charge >= 0.3 is 0 Å². The minimum Gasteiger partial charge on any atom is -0.353 e. The zero-order chi connectivity index (χ0) is 21.1. The second-order valence-corrected chi connectivity index (χ2v) is 9.86. The lowest BCUT2D eigenvalue weighted by atomic mass is 10.0. The van der Waals surface area contributed by atoms with Crippen molar-refractivity contribution in [2.45, 2.75) is 64.2 Å². The number of carbonyl (C=O) groups excluding carboxylic acids is 1. The molecule has 0 spiro atoms. The molecule has 1 saturated carbocycles. The van der Waals surface area contributed by atoms with E-state index in [1.165, 1.54) is 46.2 Å². The molecule has 2 heterocycles. The minimum absolute atomic E-state index is 0.0887. The van der Waals surface area contributed by atoms with Crippen molar-refractivity contribution in [3.8, 4) is 22.5 Å². The van der Waals surface area contributed by atoms with Crippen LogP contribution in [0.5, 0.6) is 0 Å². The SMILES string of the molecule is CCn1c(SCC(=O)NC2CCCC2)nnc1-c1csc(C)c1-c1ccc(C)cc1. The molecule has 1 N–H and O–H groups in total. The van der Waals surface area contributed by atoms with Crippen LogP contribution in [-0.2, 0) is 11.3 Å². The molecule has 30 heavy (non-hydrogen) atoms. The number of aryl methyl sites for hydroxylation is 2. The molecule has 1 fully saturated rings. The van der Waals surface area contributed by atoms with Crippen LogP contribution >= 0.6 is 23.1 Å². The number of nitrogens with one attached hydrogen (secondary N) is 1. The van der Waals surface area contributed by atoms with E-state index in [2.05, 4.69) is 70.5 Å². The third-order valence-corrected chi connectivity index (χ3v) is 7.52. The van der Waals surface area contributed by atoms with E-state index in [0.29, 0.717) is 11.8 Å². The van der Waals surface area contributed by atoms with E-state index in [4.69, 9.17) is 0 Å². The third-order valence-electron chi connectivity index (χ3n) is 5.64. The lowest BCUT2D eigenvalue weighted by molar-refractivity contribution is -0.119. The van der Waals surface area contributed by atoms with Crippen LogP contribution in [0.25, 0.3) is 22.5 Å². The summed E-state index contributed by atoms with van der Waals surface area (Å²) in [5.41, 5.74) is 4.78. The van der Waals surface area contributed by atoms with Crippen molar-refractivity contribution in [3.05, 3.63) is 40.1 Å². The van der Waals surface area contributed by atoms with Crippen molar-refractivity contribution in [3.63, 3.8) is 0 Å². The van der Waals surface area contributed by atoms with Crippen molar-refractivity contribution in [2.24, 2.45) is 0 Å². The summed E-state index contributed by atoms with van der Waals surface area (Å²) >= 11 is 3.21. The molecule has 2 aromatic heterocycles. The highest BCUT2D eigenvalue weighted by Crippen LogP contribution is 2.39. The second kappa shape index (κ2) is 9.35. The molecule has 0 unspecified atom stereocenters. The Labute approximate surface area is 186 Å². The molecule has 4 rings (SSSR count). The number of nitrogens with zero attached hydrogens (tertiary/aromatic N) is 3. The Morgan fingerprint density at radius 3 is 2.63 bits per heavy atom. The summed E-state index contributed by atoms with van der Waals surface area (Å²) in [5.74, 6) is 1.34. The molecule has 3 aromatic rings. The normalized spacial score (nSPS) is 14.4. The first-order chi connectivity index (χ1) is 14.6. The van der Waals surface area contributed by atoms with E-state index in [-0.39, 0.29) is 5.91 Å². The molecule has 0 atom stereocenters. The third kappa shape index (κ3) is 4.47. The minimum atomic E-state index is 0.0887. The fourth-order valence-corrected chi connectivity index (χ4v) is 5.72. The average Bonchev–Trinajstić information content (AvgIpc) is 3.47. The molecular formula is C23H28N4OS2. The van der Waals surface area contributed by atoms with Gasteiger partial charge < -0.3 is 9.88 Å². The number of thiophene rings is 1. The van der Waals surface area contributed by atoms with Gasteiger partial charge in [-0.25, -0.2) is 0 Å². The largest absolute Gasteiger partial charge is 0.353 e. The summed E-state index contributed by atoms with van der Waals surface area (Å²) in [6.45, 7) is 7.11. The fraction of sp³-hybridized carbons (Fsp3) is 0.435. The number of amides is 1. The van der Waals surface area contributed by atoms with Gasteiger partial charge in [0.15, 0.2) is 11.0 Å². The smallest absolute Gasteiger partial charge is 0.230 e. The van der Waals surface area contributed by atoms with Crippen molar-refractivity contribution < 1.29 is 4.79 Å². The van der Waals surface area contributed by atoms with Crippen LogP contribution in [0.4, 0.5) is 0 Å². The van der Waals surface area contributed by atoms with Gasteiger partial charge in [-0.2, -0.15) is 0 Å². The van der Waals surface area contributed by atoms with Gasteiger partial charge in [0.2, 0.25) is 5.91 Å². The van der Waals surface area contributed by atoms with E-state index in [9.17, 15) is 4.79 Å². The topological polar surface area (TPSA) is 59.8 Å². The number of hydrogen-bond acceptors (Lipinski definition) is 5. The molecule has 0 bridgehead atoms. The number of thioether (sulfide) groups is 1. The van der Waals surface area contributed by atoms with Gasteiger partial charge in [0, 0.05) is 34.0 Å². The Bertz CT molecular complexity index is 1020. The van der Waals surface area contributed by atoms with Gasteiger partial charge in [-0.1, -0.05) is 54.4 Å². The standard InChI is InChI=1S/C23H28N4OS2/c1-4-27-22(19-13-29-16(3)21(19)17-11-9-15(2)10-12-17)25-26-23(27)30-14-20(28)24-18-7-5-6-8-18/h9-13,18H,4-8,14H2,1-3H3,(H,24,28). The highest BCUT2D eigenvalue weighted by Gasteiger charge is 2.21. The van der Waals surface area contributed by atoms with Crippen LogP contribution in [0.15, 0.2) is 34.8 Å². The van der Waals surface area contributed by atoms with Crippen molar-refractivity contribution in [1.82, 2.24) is 20.1 Å². The Balaban J connectivity index is 1.55. The quantitative estimate of drug-likeness (QED) is 0.496. The molecular weight excluding hydrogens is 412 g/mol. The molecule has 0 saturated heterocycles. The lowest BCUT2D eigenvalue weighted by Gasteiger charge is -2.12. The maximum absolute atomic E-state index is 12.3. The van der Waals surface area contributed by atoms with Crippen LogP contribution in [0.2, 0.25) is 0 Å². The summed E-state index contributed by atoms with van der Waals surface area (Å²) in [7, 11) is 0. The van der Waals surface area contributed by atoms with Gasteiger partial charge in [0.1, 0.15) is 0 Å². The highest BCUT2D eigenvalue weighted by atomic mass is 32.2. The zero-order valence-corrected chi connectivity index (χ0v) is 19.4. The van der Waals surface area contributed by atoms with Crippen molar-refractivity contribution in [1.29, 1.82) is 0 Å². The average molecular weight is 441 g/mol. The van der Waals surface area contributed by atoms with Crippen LogP contribution in [0.1, 0.15) is 43.0 Å². The predicted octanol–water partition coefficient (Wildman–Crippen LogP) is 5.46. The molecule has 1 aliphatic carbocycles. The van der Waals surface area contributed by atoms with Crippen LogP contribution < -0.4 is 5.32 Å². The molecule has 1 aliphatic rings. The van der Waals surface area contributed by atoms with Crippen molar-refractivity contribution >= 4 is 29.0 Å². The second-order valence-electron chi connectivity index (χ2n) is 7.83. The molecule has 0 radical (unpaired) electrons. The van der Waals surface area contributed by atoms with Crippen LogP contribution in [0.3, 0.4) is 0 Å². The Kier molecular flexibility index (Phi) is 6.58. The van der Waals surface area contributed by atoms with Gasteiger partial charge in [0.25, 0.3) is 0 Å². The van der Waals surface area contributed by atoms with Gasteiger partial charge in [-0.3, -0.25) is 4.79 Å².